The van der Waals surface area contributed by atoms with Crippen molar-refractivity contribution in [1.29, 1.82) is 0 Å². The molecule has 0 saturated carbocycles. The molecule has 1 fully saturated rings. The van der Waals surface area contributed by atoms with Gasteiger partial charge in [0.2, 0.25) is 0 Å². The molecule has 1 aromatic carbocycles. The third kappa shape index (κ3) is 4.14. The van der Waals surface area contributed by atoms with E-state index in [0.717, 1.165) is 38.5 Å². The predicted molar refractivity (Wildman–Crippen MR) is 78.3 cm³/mol. The van der Waals surface area contributed by atoms with Gasteiger partial charge in [0, 0.05) is 26.2 Å². The molecule has 0 bridgehead atoms. The lowest BCUT2D eigenvalue weighted by molar-refractivity contribution is 0.146. The van der Waals surface area contributed by atoms with Crippen molar-refractivity contribution in [2.75, 3.05) is 38.0 Å². The fraction of sp³-hybridized carbons (Fsp3) is 0.533. The zero-order valence-corrected chi connectivity index (χ0v) is 12.2. The maximum Gasteiger partial charge on any atom is 0.322 e. The van der Waals surface area contributed by atoms with E-state index in [1.54, 1.807) is 4.90 Å². The molecular formula is C15H21F2N3O. The van der Waals surface area contributed by atoms with Crippen molar-refractivity contribution in [1.82, 2.24) is 9.80 Å². The maximum atomic E-state index is 13.5. The van der Waals surface area contributed by atoms with Crippen molar-refractivity contribution in [3.63, 3.8) is 0 Å². The topological polar surface area (TPSA) is 35.6 Å². The van der Waals surface area contributed by atoms with Gasteiger partial charge in [0.1, 0.15) is 0 Å². The highest BCUT2D eigenvalue weighted by Gasteiger charge is 2.21. The second-order valence-corrected chi connectivity index (χ2v) is 5.21. The zero-order valence-electron chi connectivity index (χ0n) is 12.2. The van der Waals surface area contributed by atoms with Gasteiger partial charge in [-0.15, -0.1) is 0 Å². The Kier molecular flexibility index (Phi) is 5.50. The minimum Gasteiger partial charge on any atom is -0.322 e. The summed E-state index contributed by atoms with van der Waals surface area (Å²) in [4.78, 5) is 16.0. The Morgan fingerprint density at radius 2 is 1.95 bits per heavy atom. The molecule has 116 valence electrons. The zero-order chi connectivity index (χ0) is 15.2. The molecule has 0 spiro atoms. The van der Waals surface area contributed by atoms with E-state index >= 15 is 0 Å². The molecule has 1 aliphatic heterocycles. The maximum absolute atomic E-state index is 13.5. The number of nitrogens with one attached hydrogen (secondary N) is 1. The Balaban J connectivity index is 1.86. The van der Waals surface area contributed by atoms with Gasteiger partial charge in [0.15, 0.2) is 11.6 Å². The molecule has 0 aliphatic carbocycles. The van der Waals surface area contributed by atoms with Crippen LogP contribution in [0.15, 0.2) is 18.2 Å². The van der Waals surface area contributed by atoms with Gasteiger partial charge >= 0.3 is 6.03 Å². The molecule has 4 nitrogen and oxygen atoms in total. The van der Waals surface area contributed by atoms with Gasteiger partial charge in [0.25, 0.3) is 0 Å². The van der Waals surface area contributed by atoms with E-state index in [0.29, 0.717) is 13.1 Å². The summed E-state index contributed by atoms with van der Waals surface area (Å²) in [5.74, 6) is -1.98. The van der Waals surface area contributed by atoms with Crippen LogP contribution in [-0.2, 0) is 0 Å². The Hall–Kier alpha value is -1.69. The lowest BCUT2D eigenvalue weighted by atomic mass is 10.2. The van der Waals surface area contributed by atoms with E-state index in [-0.39, 0.29) is 11.7 Å². The quantitative estimate of drug-likeness (QED) is 0.927. The first-order valence-electron chi connectivity index (χ1n) is 7.34. The molecule has 1 aliphatic rings. The van der Waals surface area contributed by atoms with E-state index in [1.807, 2.05) is 0 Å². The number of hydrogen-bond donors (Lipinski definition) is 1. The number of benzene rings is 1. The number of halogens is 2. The van der Waals surface area contributed by atoms with Crippen molar-refractivity contribution in [2.45, 2.75) is 19.8 Å². The van der Waals surface area contributed by atoms with Crippen LogP contribution in [0.1, 0.15) is 19.8 Å². The number of nitrogens with zero attached hydrogens (tertiary/aromatic N) is 2. The van der Waals surface area contributed by atoms with Crippen LogP contribution in [0.4, 0.5) is 19.3 Å². The van der Waals surface area contributed by atoms with Crippen molar-refractivity contribution >= 4 is 11.7 Å². The number of hydrogen-bond acceptors (Lipinski definition) is 2. The number of urea groups is 1. The van der Waals surface area contributed by atoms with Gasteiger partial charge in [0.05, 0.1) is 5.69 Å². The summed E-state index contributed by atoms with van der Waals surface area (Å²) in [6.45, 7) is 6.04. The molecular weight excluding hydrogens is 276 g/mol. The number of rotatable bonds is 4. The minimum atomic E-state index is -1.02. The monoisotopic (exact) mass is 297 g/mol. The molecule has 1 saturated heterocycles. The third-order valence-electron chi connectivity index (χ3n) is 3.68. The summed E-state index contributed by atoms with van der Waals surface area (Å²) in [5, 5.41) is 2.43. The molecule has 0 atom stereocenters. The Morgan fingerprint density at radius 3 is 2.62 bits per heavy atom. The fourth-order valence-electron chi connectivity index (χ4n) is 2.35. The van der Waals surface area contributed by atoms with E-state index in [4.69, 9.17) is 0 Å². The van der Waals surface area contributed by atoms with Crippen LogP contribution in [0.5, 0.6) is 0 Å². The molecule has 1 heterocycles. The van der Waals surface area contributed by atoms with E-state index in [9.17, 15) is 13.6 Å². The van der Waals surface area contributed by atoms with Crippen molar-refractivity contribution < 1.29 is 13.6 Å². The van der Waals surface area contributed by atoms with Crippen LogP contribution >= 0.6 is 0 Å². The summed E-state index contributed by atoms with van der Waals surface area (Å²) in [6.07, 6.45) is 2.31. The van der Waals surface area contributed by atoms with Crippen LogP contribution in [0.3, 0.4) is 0 Å². The number of carbonyl (C=O) groups is 1. The fourth-order valence-corrected chi connectivity index (χ4v) is 2.35. The highest BCUT2D eigenvalue weighted by Crippen LogP contribution is 2.17. The van der Waals surface area contributed by atoms with Gasteiger partial charge < -0.3 is 10.2 Å². The summed E-state index contributed by atoms with van der Waals surface area (Å²) in [5.41, 5.74) is -0.117. The van der Waals surface area contributed by atoms with Gasteiger partial charge in [-0.1, -0.05) is 19.4 Å². The highest BCUT2D eigenvalue weighted by molar-refractivity contribution is 5.89. The van der Waals surface area contributed by atoms with Crippen LogP contribution in [0, 0.1) is 11.6 Å². The van der Waals surface area contributed by atoms with Crippen LogP contribution in [0.25, 0.3) is 0 Å². The molecule has 6 heteroatoms. The first-order valence-corrected chi connectivity index (χ1v) is 7.34. The lowest BCUT2D eigenvalue weighted by Crippen LogP contribution is -2.50. The van der Waals surface area contributed by atoms with Gasteiger partial charge in [-0.25, -0.2) is 13.6 Å². The molecule has 0 radical (unpaired) electrons. The molecule has 0 unspecified atom stereocenters. The van der Waals surface area contributed by atoms with Gasteiger partial charge in [-0.3, -0.25) is 4.90 Å². The molecule has 1 aromatic rings. The second kappa shape index (κ2) is 7.36. The second-order valence-electron chi connectivity index (χ2n) is 5.21. The van der Waals surface area contributed by atoms with Crippen molar-refractivity contribution in [3.8, 4) is 0 Å². The first kappa shape index (κ1) is 15.7. The molecule has 1 N–H and O–H groups in total. The summed E-state index contributed by atoms with van der Waals surface area (Å²) >= 11 is 0. The summed E-state index contributed by atoms with van der Waals surface area (Å²) in [7, 11) is 0. The Morgan fingerprint density at radius 1 is 1.24 bits per heavy atom. The van der Waals surface area contributed by atoms with Crippen molar-refractivity contribution in [3.05, 3.63) is 29.8 Å². The number of carbonyl (C=O) groups excluding carboxylic acids is 1. The van der Waals surface area contributed by atoms with E-state index < -0.39 is 11.6 Å². The van der Waals surface area contributed by atoms with E-state index in [2.05, 4.69) is 17.1 Å². The van der Waals surface area contributed by atoms with Crippen LogP contribution < -0.4 is 5.32 Å². The summed E-state index contributed by atoms with van der Waals surface area (Å²) < 4.78 is 26.6. The van der Waals surface area contributed by atoms with E-state index in [1.165, 1.54) is 12.1 Å². The molecule has 2 amide bonds. The van der Waals surface area contributed by atoms with Crippen LogP contribution in [0.2, 0.25) is 0 Å². The number of amides is 2. The van der Waals surface area contributed by atoms with Gasteiger partial charge in [-0.2, -0.15) is 0 Å². The average molecular weight is 297 g/mol. The van der Waals surface area contributed by atoms with Crippen molar-refractivity contribution in [2.24, 2.45) is 0 Å². The summed E-state index contributed by atoms with van der Waals surface area (Å²) in [6, 6.07) is 3.37. The molecule has 21 heavy (non-hydrogen) atoms. The third-order valence-corrected chi connectivity index (χ3v) is 3.68. The Bertz CT molecular complexity index is 488. The highest BCUT2D eigenvalue weighted by atomic mass is 19.2. The average Bonchev–Trinajstić information content (AvgIpc) is 2.50. The number of piperazine rings is 1. The largest absolute Gasteiger partial charge is 0.322 e. The van der Waals surface area contributed by atoms with Gasteiger partial charge in [-0.05, 0) is 25.1 Å². The smallest absolute Gasteiger partial charge is 0.322 e. The molecule has 0 aromatic heterocycles. The first-order chi connectivity index (χ1) is 10.1. The number of anilines is 1. The Labute approximate surface area is 123 Å². The lowest BCUT2D eigenvalue weighted by Gasteiger charge is -2.34. The van der Waals surface area contributed by atoms with Crippen LogP contribution in [-0.4, -0.2) is 48.6 Å². The predicted octanol–water partition coefficient (Wildman–Crippen LogP) is 2.91. The molecule has 2 rings (SSSR count). The minimum absolute atomic E-state index is 0.117. The number of unbranched alkanes of at least 4 members (excludes halogenated alkanes) is 1. The standard InChI is InChI=1S/C15H21F2N3O/c1-2-3-7-19-8-10-20(11-9-19)15(21)18-13-6-4-5-12(16)14(13)17/h4-6H,2-3,7-11H2,1H3,(H,18,21). The SMILES string of the molecule is CCCCN1CCN(C(=O)Nc2cccc(F)c2F)CC1. The normalized spacial score (nSPS) is 16.0.